The van der Waals surface area contributed by atoms with Gasteiger partial charge in [0.15, 0.2) is 0 Å². The topological polar surface area (TPSA) is 18.5 Å². The predicted octanol–water partition coefficient (Wildman–Crippen LogP) is 3.77. The highest BCUT2D eigenvalue weighted by Crippen LogP contribution is 2.40. The van der Waals surface area contributed by atoms with Gasteiger partial charge in [-0.25, -0.2) is 0 Å². The molecule has 2 nitrogen and oxygen atoms in total. The first-order valence-corrected chi connectivity index (χ1v) is 6.60. The molecule has 2 unspecified atom stereocenters. The van der Waals surface area contributed by atoms with E-state index in [1.54, 1.807) is 7.11 Å². The molecule has 1 heterocycles. The van der Waals surface area contributed by atoms with E-state index in [0.717, 1.165) is 28.8 Å². The van der Waals surface area contributed by atoms with E-state index in [1.807, 2.05) is 18.2 Å². The largest absolute Gasteiger partial charge is 0.496 e. The molecule has 16 heavy (non-hydrogen) atoms. The lowest BCUT2D eigenvalue weighted by atomic mass is 9.96. The van der Waals surface area contributed by atoms with Gasteiger partial charge in [0.1, 0.15) is 5.75 Å². The maximum Gasteiger partial charge on any atom is 0.124 e. The highest BCUT2D eigenvalue weighted by Gasteiger charge is 2.31. The molecule has 0 radical (unpaired) electrons. The van der Waals surface area contributed by atoms with Gasteiger partial charge in [0.05, 0.1) is 13.2 Å². The Morgan fingerprint density at radius 3 is 3.06 bits per heavy atom. The molecule has 4 heteroatoms. The number of alkyl halides is 1. The number of hydrogen-bond donors (Lipinski definition) is 0. The van der Waals surface area contributed by atoms with Crippen LogP contribution in [0.5, 0.6) is 5.75 Å². The Labute approximate surface area is 109 Å². The minimum absolute atomic E-state index is 0.0601. The van der Waals surface area contributed by atoms with Crippen molar-refractivity contribution < 1.29 is 9.47 Å². The van der Waals surface area contributed by atoms with Crippen LogP contribution in [0.4, 0.5) is 0 Å². The second-order valence-electron chi connectivity index (χ2n) is 3.88. The Morgan fingerprint density at radius 2 is 2.38 bits per heavy atom. The maximum absolute atomic E-state index is 5.96. The van der Waals surface area contributed by atoms with Crippen LogP contribution < -0.4 is 4.74 Å². The Balaban J connectivity index is 2.34. The van der Waals surface area contributed by atoms with E-state index >= 15 is 0 Å². The zero-order chi connectivity index (χ0) is 11.5. The van der Waals surface area contributed by atoms with Crippen LogP contribution in [0.3, 0.4) is 0 Å². The van der Waals surface area contributed by atoms with Crippen LogP contribution in [-0.2, 0) is 4.74 Å². The molecule has 1 aromatic rings. The minimum Gasteiger partial charge on any atom is -0.496 e. The third-order valence-corrected chi connectivity index (χ3v) is 3.80. The summed E-state index contributed by atoms with van der Waals surface area (Å²) >= 11 is 9.43. The van der Waals surface area contributed by atoms with Gasteiger partial charge >= 0.3 is 0 Å². The van der Waals surface area contributed by atoms with E-state index in [1.165, 1.54) is 0 Å². The lowest BCUT2D eigenvalue weighted by molar-refractivity contribution is 0.0928. The number of halogens is 2. The molecule has 0 amide bonds. The first kappa shape index (κ1) is 12.2. The molecule has 0 saturated carbocycles. The molecular formula is C12H14BrClO2. The summed E-state index contributed by atoms with van der Waals surface area (Å²) in [6.45, 7) is 0.776. The zero-order valence-electron chi connectivity index (χ0n) is 9.08. The molecule has 1 saturated heterocycles. The fourth-order valence-corrected chi connectivity index (χ4v) is 2.76. The molecule has 2 atom stereocenters. The number of methoxy groups -OCH3 is 1. The summed E-state index contributed by atoms with van der Waals surface area (Å²) in [4.78, 5) is 0. The van der Waals surface area contributed by atoms with Crippen molar-refractivity contribution in [2.45, 2.75) is 12.5 Å². The Morgan fingerprint density at radius 1 is 1.56 bits per heavy atom. The smallest absolute Gasteiger partial charge is 0.124 e. The molecule has 0 N–H and O–H groups in total. The first-order chi connectivity index (χ1) is 7.76. The second-order valence-corrected chi connectivity index (χ2v) is 5.11. The van der Waals surface area contributed by atoms with Gasteiger partial charge in [-0.1, -0.05) is 15.9 Å². The SMILES string of the molecule is COc1ccc(Br)cc1C1OCCC1CCl. The first-order valence-electron chi connectivity index (χ1n) is 5.27. The van der Waals surface area contributed by atoms with E-state index in [4.69, 9.17) is 21.1 Å². The van der Waals surface area contributed by atoms with Gasteiger partial charge in [-0.05, 0) is 24.6 Å². The average molecular weight is 306 g/mol. The summed E-state index contributed by atoms with van der Waals surface area (Å²) < 4.78 is 12.2. The van der Waals surface area contributed by atoms with E-state index < -0.39 is 0 Å². The quantitative estimate of drug-likeness (QED) is 0.791. The zero-order valence-corrected chi connectivity index (χ0v) is 11.4. The number of benzene rings is 1. The maximum atomic E-state index is 5.96. The summed E-state index contributed by atoms with van der Waals surface area (Å²) in [7, 11) is 1.68. The van der Waals surface area contributed by atoms with Crippen LogP contribution in [0.1, 0.15) is 18.1 Å². The molecule has 2 rings (SSSR count). The Bertz CT molecular complexity index is 370. The van der Waals surface area contributed by atoms with Crippen molar-refractivity contribution >= 4 is 27.5 Å². The van der Waals surface area contributed by atoms with Crippen LogP contribution >= 0.6 is 27.5 Å². The van der Waals surface area contributed by atoms with E-state index in [2.05, 4.69) is 15.9 Å². The van der Waals surface area contributed by atoms with E-state index in [0.29, 0.717) is 11.8 Å². The summed E-state index contributed by atoms with van der Waals surface area (Å²) in [5.74, 6) is 1.87. The summed E-state index contributed by atoms with van der Waals surface area (Å²) in [5.41, 5.74) is 1.08. The number of hydrogen-bond acceptors (Lipinski definition) is 2. The monoisotopic (exact) mass is 304 g/mol. The van der Waals surface area contributed by atoms with Crippen molar-refractivity contribution in [3.05, 3.63) is 28.2 Å². The highest BCUT2D eigenvalue weighted by atomic mass is 79.9. The van der Waals surface area contributed by atoms with E-state index in [9.17, 15) is 0 Å². The van der Waals surface area contributed by atoms with Crippen LogP contribution in [0.25, 0.3) is 0 Å². The molecule has 0 aromatic heterocycles. The van der Waals surface area contributed by atoms with Gasteiger partial charge in [0.25, 0.3) is 0 Å². The molecule has 0 aliphatic carbocycles. The standard InChI is InChI=1S/C12H14BrClO2/c1-15-11-3-2-9(13)6-10(11)12-8(7-14)4-5-16-12/h2-3,6,8,12H,4-5,7H2,1H3. The van der Waals surface area contributed by atoms with Crippen LogP contribution in [-0.4, -0.2) is 19.6 Å². The van der Waals surface area contributed by atoms with Gasteiger partial charge in [-0.2, -0.15) is 0 Å². The molecule has 0 bridgehead atoms. The molecule has 1 aliphatic heterocycles. The van der Waals surface area contributed by atoms with Crippen molar-refractivity contribution in [3.8, 4) is 5.75 Å². The molecular weight excluding hydrogens is 291 g/mol. The third kappa shape index (κ3) is 2.36. The van der Waals surface area contributed by atoms with E-state index in [-0.39, 0.29) is 6.10 Å². The molecule has 1 fully saturated rings. The molecule has 1 aromatic carbocycles. The third-order valence-electron chi connectivity index (χ3n) is 2.91. The van der Waals surface area contributed by atoms with Crippen molar-refractivity contribution in [3.63, 3.8) is 0 Å². The van der Waals surface area contributed by atoms with Gasteiger partial charge in [0.2, 0.25) is 0 Å². The fraction of sp³-hybridized carbons (Fsp3) is 0.500. The van der Waals surface area contributed by atoms with Gasteiger partial charge in [-0.3, -0.25) is 0 Å². The van der Waals surface area contributed by atoms with Crippen LogP contribution in [0.2, 0.25) is 0 Å². The van der Waals surface area contributed by atoms with Crippen molar-refractivity contribution in [1.82, 2.24) is 0 Å². The summed E-state index contributed by atoms with van der Waals surface area (Å²) in [6.07, 6.45) is 1.08. The Kier molecular flexibility index (Phi) is 4.11. The molecule has 1 aliphatic rings. The minimum atomic E-state index is 0.0601. The number of rotatable bonds is 3. The van der Waals surface area contributed by atoms with Crippen LogP contribution in [0.15, 0.2) is 22.7 Å². The van der Waals surface area contributed by atoms with Crippen molar-refractivity contribution in [1.29, 1.82) is 0 Å². The number of ether oxygens (including phenoxy) is 2. The predicted molar refractivity (Wildman–Crippen MR) is 68.2 cm³/mol. The second kappa shape index (κ2) is 5.39. The van der Waals surface area contributed by atoms with Gasteiger partial charge in [-0.15, -0.1) is 11.6 Å². The Hall–Kier alpha value is -0.250. The lowest BCUT2D eigenvalue weighted by Gasteiger charge is -2.19. The van der Waals surface area contributed by atoms with Gasteiger partial charge < -0.3 is 9.47 Å². The normalized spacial score (nSPS) is 24.7. The van der Waals surface area contributed by atoms with Crippen molar-refractivity contribution in [2.24, 2.45) is 5.92 Å². The highest BCUT2D eigenvalue weighted by molar-refractivity contribution is 9.10. The molecule has 0 spiro atoms. The van der Waals surface area contributed by atoms with Crippen LogP contribution in [0, 0.1) is 5.92 Å². The van der Waals surface area contributed by atoms with Gasteiger partial charge in [0, 0.05) is 28.4 Å². The lowest BCUT2D eigenvalue weighted by Crippen LogP contribution is -2.10. The summed E-state index contributed by atoms with van der Waals surface area (Å²) in [6, 6.07) is 5.97. The molecule has 88 valence electrons. The average Bonchev–Trinajstić information content (AvgIpc) is 2.76. The fourth-order valence-electron chi connectivity index (χ4n) is 2.06. The van der Waals surface area contributed by atoms with Crippen molar-refractivity contribution in [2.75, 3.05) is 19.6 Å². The summed E-state index contributed by atoms with van der Waals surface area (Å²) in [5, 5.41) is 0.